The molecule has 1 atom stereocenters. The first-order chi connectivity index (χ1) is 10.1. The molecule has 0 spiro atoms. The molecule has 1 aromatic heterocycles. The number of amides is 1. The second-order valence-corrected chi connectivity index (χ2v) is 6.50. The van der Waals surface area contributed by atoms with E-state index in [1.54, 1.807) is 36.2 Å². The van der Waals surface area contributed by atoms with Gasteiger partial charge in [0.05, 0.1) is 17.3 Å². The maximum absolute atomic E-state index is 12.3. The number of hydrogen-bond donors (Lipinski definition) is 1. The summed E-state index contributed by atoms with van der Waals surface area (Å²) in [6.07, 6.45) is 2.36. The van der Waals surface area contributed by atoms with Crippen LogP contribution in [-0.2, 0) is 10.5 Å². The summed E-state index contributed by atoms with van der Waals surface area (Å²) in [5.41, 5.74) is 0.606. The molecule has 6 heteroatoms. The van der Waals surface area contributed by atoms with Crippen LogP contribution in [0.4, 0.5) is 5.69 Å². The minimum absolute atomic E-state index is 0.0626. The zero-order valence-electron chi connectivity index (χ0n) is 11.4. The molecule has 2 aromatic rings. The molecule has 0 bridgehead atoms. The number of thioether (sulfide) groups is 1. The average Bonchev–Trinajstić information content (AvgIpc) is 2.91. The fraction of sp³-hybridized carbons (Fsp3) is 0.267. The highest BCUT2D eigenvalue weighted by atomic mass is 35.5. The van der Waals surface area contributed by atoms with E-state index < -0.39 is 0 Å². The Morgan fingerprint density at radius 2 is 2.05 bits per heavy atom. The van der Waals surface area contributed by atoms with Crippen molar-refractivity contribution in [2.75, 3.05) is 5.32 Å². The summed E-state index contributed by atoms with van der Waals surface area (Å²) in [7, 11) is 0. The Labute approximate surface area is 138 Å². The zero-order chi connectivity index (χ0) is 15.2. The molecule has 0 aliphatic heterocycles. The topological polar surface area (TPSA) is 42.2 Å². The van der Waals surface area contributed by atoms with Crippen LogP contribution in [0.25, 0.3) is 0 Å². The summed E-state index contributed by atoms with van der Waals surface area (Å²) in [4.78, 5) is 12.3. The standard InChI is InChI=1S/C15H15Cl2NO2S/c1-2-14(21-9-13-4-3-5-20-13)15(19)18-12-7-10(16)6-11(17)8-12/h3-8,14H,2,9H2,1H3,(H,18,19). The third kappa shape index (κ3) is 4.99. The highest BCUT2D eigenvalue weighted by Gasteiger charge is 2.18. The van der Waals surface area contributed by atoms with Crippen molar-refractivity contribution < 1.29 is 9.21 Å². The molecule has 0 aliphatic carbocycles. The van der Waals surface area contributed by atoms with Crippen molar-refractivity contribution >= 4 is 46.6 Å². The summed E-state index contributed by atoms with van der Waals surface area (Å²) in [5, 5.41) is 3.68. The van der Waals surface area contributed by atoms with Gasteiger partial charge >= 0.3 is 0 Å². The van der Waals surface area contributed by atoms with Crippen molar-refractivity contribution in [2.45, 2.75) is 24.3 Å². The van der Waals surface area contributed by atoms with Gasteiger partial charge in [-0.1, -0.05) is 30.1 Å². The Balaban J connectivity index is 1.96. The first-order valence-corrected chi connectivity index (χ1v) is 8.30. The van der Waals surface area contributed by atoms with Crippen molar-refractivity contribution in [3.63, 3.8) is 0 Å². The number of nitrogens with one attached hydrogen (secondary N) is 1. The van der Waals surface area contributed by atoms with Crippen LogP contribution >= 0.6 is 35.0 Å². The Hall–Kier alpha value is -1.10. The Morgan fingerprint density at radius 1 is 1.33 bits per heavy atom. The summed E-state index contributed by atoms with van der Waals surface area (Å²) in [6, 6.07) is 8.71. The molecule has 0 saturated heterocycles. The van der Waals surface area contributed by atoms with Crippen molar-refractivity contribution in [2.24, 2.45) is 0 Å². The zero-order valence-corrected chi connectivity index (χ0v) is 13.8. The largest absolute Gasteiger partial charge is 0.468 e. The van der Waals surface area contributed by atoms with Gasteiger partial charge < -0.3 is 9.73 Å². The van der Waals surface area contributed by atoms with Gasteiger partial charge in [-0.2, -0.15) is 0 Å². The minimum Gasteiger partial charge on any atom is -0.468 e. The third-order valence-electron chi connectivity index (χ3n) is 2.80. The van der Waals surface area contributed by atoms with Crippen LogP contribution in [0.1, 0.15) is 19.1 Å². The molecule has 0 fully saturated rings. The molecule has 21 heavy (non-hydrogen) atoms. The Bertz CT molecular complexity index is 581. The molecule has 0 saturated carbocycles. The van der Waals surface area contributed by atoms with Gasteiger partial charge in [-0.05, 0) is 36.8 Å². The molecule has 1 aromatic carbocycles. The molecule has 2 rings (SSSR count). The van der Waals surface area contributed by atoms with E-state index in [1.165, 1.54) is 0 Å². The first kappa shape index (κ1) is 16.3. The van der Waals surface area contributed by atoms with E-state index in [2.05, 4.69) is 5.32 Å². The number of carbonyl (C=O) groups is 1. The summed E-state index contributed by atoms with van der Waals surface area (Å²) in [5.74, 6) is 1.46. The van der Waals surface area contributed by atoms with E-state index in [9.17, 15) is 4.79 Å². The lowest BCUT2D eigenvalue weighted by molar-refractivity contribution is -0.115. The van der Waals surface area contributed by atoms with Crippen LogP contribution in [0.15, 0.2) is 41.0 Å². The maximum Gasteiger partial charge on any atom is 0.237 e. The number of benzene rings is 1. The molecule has 1 unspecified atom stereocenters. The number of halogens is 2. The highest BCUT2D eigenvalue weighted by Crippen LogP contribution is 2.25. The van der Waals surface area contributed by atoms with E-state index in [-0.39, 0.29) is 11.2 Å². The lowest BCUT2D eigenvalue weighted by Crippen LogP contribution is -2.24. The number of carbonyl (C=O) groups excluding carboxylic acids is 1. The van der Waals surface area contributed by atoms with Gasteiger partial charge in [-0.15, -0.1) is 11.8 Å². The predicted molar refractivity (Wildman–Crippen MR) is 89.2 cm³/mol. The molecular formula is C15H15Cl2NO2S. The third-order valence-corrected chi connectivity index (χ3v) is 4.64. The van der Waals surface area contributed by atoms with Gasteiger partial charge in [0, 0.05) is 15.7 Å². The van der Waals surface area contributed by atoms with Gasteiger partial charge in [0.1, 0.15) is 5.76 Å². The van der Waals surface area contributed by atoms with Crippen LogP contribution in [-0.4, -0.2) is 11.2 Å². The van der Waals surface area contributed by atoms with Crippen molar-refractivity contribution in [1.29, 1.82) is 0 Å². The van der Waals surface area contributed by atoms with Crippen molar-refractivity contribution in [3.8, 4) is 0 Å². The molecule has 0 aliphatic rings. The molecule has 112 valence electrons. The van der Waals surface area contributed by atoms with Crippen molar-refractivity contribution in [3.05, 3.63) is 52.4 Å². The number of furan rings is 1. The fourth-order valence-electron chi connectivity index (χ4n) is 1.81. The lowest BCUT2D eigenvalue weighted by atomic mass is 10.2. The molecule has 1 heterocycles. The smallest absolute Gasteiger partial charge is 0.237 e. The SMILES string of the molecule is CCC(SCc1ccco1)C(=O)Nc1cc(Cl)cc(Cl)c1. The quantitative estimate of drug-likeness (QED) is 0.779. The molecule has 0 radical (unpaired) electrons. The van der Waals surface area contributed by atoms with E-state index in [1.807, 2.05) is 19.1 Å². The first-order valence-electron chi connectivity index (χ1n) is 6.49. The van der Waals surface area contributed by atoms with E-state index >= 15 is 0 Å². The van der Waals surface area contributed by atoms with Crippen LogP contribution in [0.2, 0.25) is 10.0 Å². The maximum atomic E-state index is 12.3. The molecular weight excluding hydrogens is 329 g/mol. The molecule has 1 amide bonds. The van der Waals surface area contributed by atoms with Gasteiger partial charge in [0.15, 0.2) is 0 Å². The van der Waals surface area contributed by atoms with E-state index in [4.69, 9.17) is 27.6 Å². The summed E-state index contributed by atoms with van der Waals surface area (Å²) < 4.78 is 5.27. The summed E-state index contributed by atoms with van der Waals surface area (Å²) in [6.45, 7) is 1.98. The fourth-order valence-corrected chi connectivity index (χ4v) is 3.31. The van der Waals surface area contributed by atoms with Crippen LogP contribution in [0, 0.1) is 0 Å². The van der Waals surface area contributed by atoms with Gasteiger partial charge in [0.2, 0.25) is 5.91 Å². The normalized spacial score (nSPS) is 12.1. The Morgan fingerprint density at radius 3 is 2.62 bits per heavy atom. The lowest BCUT2D eigenvalue weighted by Gasteiger charge is -2.14. The van der Waals surface area contributed by atoms with Crippen LogP contribution in [0.5, 0.6) is 0 Å². The summed E-state index contributed by atoms with van der Waals surface area (Å²) >= 11 is 13.4. The van der Waals surface area contributed by atoms with Crippen LogP contribution in [0.3, 0.4) is 0 Å². The predicted octanol–water partition coefficient (Wildman–Crippen LogP) is 5.24. The second-order valence-electron chi connectivity index (χ2n) is 4.43. The number of rotatable bonds is 6. The Kier molecular flexibility index (Phi) is 6.03. The van der Waals surface area contributed by atoms with Crippen LogP contribution < -0.4 is 5.32 Å². The van der Waals surface area contributed by atoms with E-state index in [0.29, 0.717) is 21.5 Å². The minimum atomic E-state index is -0.159. The average molecular weight is 344 g/mol. The van der Waals surface area contributed by atoms with Gasteiger partial charge in [0.25, 0.3) is 0 Å². The van der Waals surface area contributed by atoms with Crippen molar-refractivity contribution in [1.82, 2.24) is 0 Å². The van der Waals surface area contributed by atoms with Gasteiger partial charge in [-0.3, -0.25) is 4.79 Å². The second kappa shape index (κ2) is 7.78. The van der Waals surface area contributed by atoms with Gasteiger partial charge in [-0.25, -0.2) is 0 Å². The highest BCUT2D eigenvalue weighted by molar-refractivity contribution is 7.99. The molecule has 3 nitrogen and oxygen atoms in total. The number of hydrogen-bond acceptors (Lipinski definition) is 3. The number of anilines is 1. The monoisotopic (exact) mass is 343 g/mol. The van der Waals surface area contributed by atoms with E-state index in [0.717, 1.165) is 12.2 Å². The molecule has 1 N–H and O–H groups in total.